The number of hydrogen-bond acceptors (Lipinski definition) is 2. The van der Waals surface area contributed by atoms with E-state index in [-0.39, 0.29) is 12.1 Å². The lowest BCUT2D eigenvalue weighted by Crippen LogP contribution is -2.40. The second-order valence-electron chi connectivity index (χ2n) is 3.88. The number of aliphatic hydroxyl groups excluding tert-OH is 1. The van der Waals surface area contributed by atoms with Crippen LogP contribution in [-0.2, 0) is 0 Å². The largest absolute Gasteiger partial charge is 0.393 e. The lowest BCUT2D eigenvalue weighted by Gasteiger charge is -2.15. The fraction of sp³-hybridized carbons (Fsp3) is 0.889. The van der Waals surface area contributed by atoms with Gasteiger partial charge in [-0.05, 0) is 33.1 Å². The van der Waals surface area contributed by atoms with Crippen LogP contribution in [0, 0.1) is 0 Å². The van der Waals surface area contributed by atoms with Gasteiger partial charge in [0.25, 0.3) is 0 Å². The van der Waals surface area contributed by atoms with Crippen molar-refractivity contribution in [1.82, 2.24) is 5.32 Å². The minimum Gasteiger partial charge on any atom is -0.393 e. The van der Waals surface area contributed by atoms with Crippen molar-refractivity contribution in [2.45, 2.75) is 51.3 Å². The Bertz CT molecular complexity index is 187. The zero-order chi connectivity index (χ0) is 9.84. The molecule has 1 fully saturated rings. The summed E-state index contributed by atoms with van der Waals surface area (Å²) in [6, 6.07) is 0.633. The maximum atomic E-state index is 9.11. The summed E-state index contributed by atoms with van der Waals surface area (Å²) in [5.74, 6) is 0.510. The molecule has 0 aromatic rings. The van der Waals surface area contributed by atoms with Crippen molar-refractivity contribution >= 4 is 5.96 Å². The van der Waals surface area contributed by atoms with Crippen LogP contribution in [0.1, 0.15) is 33.1 Å². The van der Waals surface area contributed by atoms with E-state index in [1.54, 1.807) is 6.92 Å². The molecule has 1 saturated carbocycles. The highest BCUT2D eigenvalue weighted by Crippen LogP contribution is 2.22. The lowest BCUT2D eigenvalue weighted by molar-refractivity contribution is 0.174. The summed E-state index contributed by atoms with van der Waals surface area (Å²) in [4.78, 5) is 4.24. The molecule has 1 aliphatic carbocycles. The van der Waals surface area contributed by atoms with Gasteiger partial charge in [-0.25, -0.2) is 0 Å². The van der Waals surface area contributed by atoms with Gasteiger partial charge in [-0.1, -0.05) is 0 Å². The van der Waals surface area contributed by atoms with Gasteiger partial charge in [-0.3, -0.25) is 4.99 Å². The quantitative estimate of drug-likeness (QED) is 0.433. The van der Waals surface area contributed by atoms with Crippen molar-refractivity contribution in [1.29, 1.82) is 0 Å². The first-order valence-electron chi connectivity index (χ1n) is 4.86. The molecule has 1 aliphatic rings. The van der Waals surface area contributed by atoms with E-state index in [0.29, 0.717) is 18.4 Å². The second kappa shape index (κ2) is 4.46. The van der Waals surface area contributed by atoms with E-state index in [1.165, 1.54) is 0 Å². The summed E-state index contributed by atoms with van der Waals surface area (Å²) in [6.45, 7) is 3.76. The Morgan fingerprint density at radius 1 is 1.62 bits per heavy atom. The summed E-state index contributed by atoms with van der Waals surface area (Å²) in [7, 11) is 0. The molecule has 2 unspecified atom stereocenters. The molecule has 0 saturated heterocycles. The maximum Gasteiger partial charge on any atom is 0.189 e. The van der Waals surface area contributed by atoms with Gasteiger partial charge in [0.15, 0.2) is 5.96 Å². The van der Waals surface area contributed by atoms with Crippen LogP contribution in [0.15, 0.2) is 4.99 Å². The molecular formula is C9H19N3O. The Morgan fingerprint density at radius 2 is 2.23 bits per heavy atom. The van der Waals surface area contributed by atoms with Gasteiger partial charge >= 0.3 is 0 Å². The molecule has 0 aromatic carbocycles. The fourth-order valence-corrected chi connectivity index (χ4v) is 1.26. The molecule has 0 aromatic heterocycles. The van der Waals surface area contributed by atoms with E-state index in [0.717, 1.165) is 12.8 Å². The average molecular weight is 185 g/mol. The van der Waals surface area contributed by atoms with Crippen molar-refractivity contribution in [2.75, 3.05) is 0 Å². The molecule has 0 spiro atoms. The van der Waals surface area contributed by atoms with Crippen molar-refractivity contribution in [3.05, 3.63) is 0 Å². The monoisotopic (exact) mass is 185 g/mol. The minimum atomic E-state index is -0.295. The summed E-state index contributed by atoms with van der Waals surface area (Å²) in [6.07, 6.45) is 2.72. The Labute approximate surface area is 79.2 Å². The number of guanidine groups is 1. The van der Waals surface area contributed by atoms with Crippen LogP contribution < -0.4 is 11.1 Å². The molecule has 76 valence electrons. The second-order valence-corrected chi connectivity index (χ2v) is 3.88. The van der Waals surface area contributed by atoms with Gasteiger partial charge in [0.1, 0.15) is 0 Å². The number of nitrogens with one attached hydrogen (secondary N) is 1. The summed E-state index contributed by atoms with van der Waals surface area (Å²) in [5.41, 5.74) is 5.65. The first-order chi connectivity index (χ1) is 6.08. The Hall–Kier alpha value is -0.770. The molecule has 1 rings (SSSR count). The Kier molecular flexibility index (Phi) is 3.54. The third-order valence-electron chi connectivity index (χ3n) is 1.96. The van der Waals surface area contributed by atoms with Gasteiger partial charge in [0.2, 0.25) is 0 Å². The van der Waals surface area contributed by atoms with Gasteiger partial charge in [0.05, 0.1) is 12.1 Å². The van der Waals surface area contributed by atoms with Gasteiger partial charge in [0, 0.05) is 6.04 Å². The first-order valence-corrected chi connectivity index (χ1v) is 4.86. The minimum absolute atomic E-state index is 0.183. The molecule has 4 N–H and O–H groups in total. The van der Waals surface area contributed by atoms with E-state index < -0.39 is 0 Å². The predicted octanol–water partition coefficient (Wildman–Crippen LogP) is 0.213. The normalized spacial score (nSPS) is 22.5. The van der Waals surface area contributed by atoms with Gasteiger partial charge in [-0.15, -0.1) is 0 Å². The average Bonchev–Trinajstić information content (AvgIpc) is 2.67. The zero-order valence-electron chi connectivity index (χ0n) is 8.33. The molecule has 2 atom stereocenters. The molecule has 0 radical (unpaired) electrons. The summed E-state index contributed by atoms with van der Waals surface area (Å²) < 4.78 is 0. The SMILES string of the molecule is CC(O)CC(C)NC(N)=NC1CC1. The molecule has 0 bridgehead atoms. The predicted molar refractivity (Wildman–Crippen MR) is 53.5 cm³/mol. The van der Waals surface area contributed by atoms with E-state index >= 15 is 0 Å². The lowest BCUT2D eigenvalue weighted by atomic mass is 10.2. The van der Waals surface area contributed by atoms with Crippen molar-refractivity contribution in [3.8, 4) is 0 Å². The molecule has 4 nitrogen and oxygen atoms in total. The van der Waals surface area contributed by atoms with E-state index in [9.17, 15) is 0 Å². The van der Waals surface area contributed by atoms with E-state index in [4.69, 9.17) is 10.8 Å². The van der Waals surface area contributed by atoms with Crippen LogP contribution in [0.4, 0.5) is 0 Å². The first kappa shape index (κ1) is 10.3. The van der Waals surface area contributed by atoms with Gasteiger partial charge in [-0.2, -0.15) is 0 Å². The van der Waals surface area contributed by atoms with Crippen LogP contribution >= 0.6 is 0 Å². The standard InChI is InChI=1S/C9H19N3O/c1-6(5-7(2)13)11-9(10)12-8-3-4-8/h6-8,13H,3-5H2,1-2H3,(H3,10,11,12). The number of nitrogens with zero attached hydrogens (tertiary/aromatic N) is 1. The number of aliphatic imine (C=N–C) groups is 1. The van der Waals surface area contributed by atoms with Crippen LogP contribution in [0.2, 0.25) is 0 Å². The summed E-state index contributed by atoms with van der Waals surface area (Å²) >= 11 is 0. The number of aliphatic hydroxyl groups is 1. The molecule has 13 heavy (non-hydrogen) atoms. The van der Waals surface area contributed by atoms with Crippen LogP contribution in [0.5, 0.6) is 0 Å². The molecule has 0 amide bonds. The maximum absolute atomic E-state index is 9.11. The highest BCUT2D eigenvalue weighted by molar-refractivity contribution is 5.78. The van der Waals surface area contributed by atoms with Crippen LogP contribution in [0.3, 0.4) is 0 Å². The third-order valence-corrected chi connectivity index (χ3v) is 1.96. The van der Waals surface area contributed by atoms with Crippen molar-refractivity contribution in [3.63, 3.8) is 0 Å². The zero-order valence-corrected chi connectivity index (χ0v) is 8.33. The fourth-order valence-electron chi connectivity index (χ4n) is 1.26. The smallest absolute Gasteiger partial charge is 0.189 e. The van der Waals surface area contributed by atoms with Crippen molar-refractivity contribution < 1.29 is 5.11 Å². The molecule has 4 heteroatoms. The topological polar surface area (TPSA) is 70.6 Å². The molecular weight excluding hydrogens is 166 g/mol. The highest BCUT2D eigenvalue weighted by atomic mass is 16.3. The van der Waals surface area contributed by atoms with Crippen molar-refractivity contribution in [2.24, 2.45) is 10.7 Å². The third kappa shape index (κ3) is 4.72. The number of rotatable bonds is 4. The Morgan fingerprint density at radius 3 is 2.69 bits per heavy atom. The van der Waals surface area contributed by atoms with Gasteiger partial charge < -0.3 is 16.2 Å². The number of hydrogen-bond donors (Lipinski definition) is 3. The van der Waals surface area contributed by atoms with E-state index in [2.05, 4.69) is 10.3 Å². The van der Waals surface area contributed by atoms with Crippen LogP contribution in [-0.4, -0.2) is 29.3 Å². The molecule has 0 aliphatic heterocycles. The number of nitrogens with two attached hydrogens (primary N) is 1. The summed E-state index contributed by atoms with van der Waals surface area (Å²) in [5, 5.41) is 12.2. The Balaban J connectivity index is 2.21. The van der Waals surface area contributed by atoms with Crippen LogP contribution in [0.25, 0.3) is 0 Å². The van der Waals surface area contributed by atoms with E-state index in [1.807, 2.05) is 6.92 Å². The highest BCUT2D eigenvalue weighted by Gasteiger charge is 2.20. The molecule has 0 heterocycles.